The summed E-state index contributed by atoms with van der Waals surface area (Å²) in [6.45, 7) is 9.46. The van der Waals surface area contributed by atoms with Gasteiger partial charge in [-0.25, -0.2) is 0 Å². The molecule has 1 rings (SSSR count). The highest BCUT2D eigenvalue weighted by Gasteiger charge is 2.28. The predicted molar refractivity (Wildman–Crippen MR) is 61.5 cm³/mol. The molecule has 0 amide bonds. The Morgan fingerprint density at radius 2 is 1.93 bits per heavy atom. The Labute approximate surface area is 88.5 Å². The zero-order valence-corrected chi connectivity index (χ0v) is 9.77. The summed E-state index contributed by atoms with van der Waals surface area (Å²) in [6, 6.07) is 0. The van der Waals surface area contributed by atoms with Gasteiger partial charge in [0.25, 0.3) is 0 Å². The molecule has 0 aromatic heterocycles. The van der Waals surface area contributed by atoms with E-state index in [0.29, 0.717) is 0 Å². The number of unbranched alkanes of at least 4 members (excludes halogenated alkanes) is 2. The number of ether oxygens (including phenoxy) is 1. The third kappa shape index (κ3) is 3.83. The average molecular weight is 196 g/mol. The van der Waals surface area contributed by atoms with Gasteiger partial charge in [0.05, 0.1) is 5.60 Å². The van der Waals surface area contributed by atoms with Gasteiger partial charge in [0.15, 0.2) is 0 Å². The molecule has 0 radical (unpaired) electrons. The molecule has 0 N–H and O–H groups in total. The molecule has 1 fully saturated rings. The van der Waals surface area contributed by atoms with Crippen molar-refractivity contribution in [2.75, 3.05) is 6.61 Å². The molecule has 1 aliphatic rings. The maximum Gasteiger partial charge on any atom is 0.0660 e. The standard InChI is InChI=1S/C13H24O/c1-4-5-6-11-14-13(3)9-7-12(2)8-10-13/h2,4-11H2,1,3H3. The van der Waals surface area contributed by atoms with Gasteiger partial charge in [-0.05, 0) is 39.0 Å². The second-order valence-corrected chi connectivity index (χ2v) is 4.76. The molecule has 0 aromatic carbocycles. The average Bonchev–Trinajstić information content (AvgIpc) is 2.18. The molecule has 82 valence electrons. The monoisotopic (exact) mass is 196 g/mol. The Hall–Kier alpha value is -0.300. The fourth-order valence-electron chi connectivity index (χ4n) is 1.95. The minimum absolute atomic E-state index is 0.148. The van der Waals surface area contributed by atoms with E-state index in [2.05, 4.69) is 20.4 Å². The van der Waals surface area contributed by atoms with E-state index < -0.39 is 0 Å². The molecule has 1 aliphatic carbocycles. The van der Waals surface area contributed by atoms with Crippen LogP contribution in [-0.4, -0.2) is 12.2 Å². The molecule has 0 spiro atoms. The molecule has 0 saturated heterocycles. The van der Waals surface area contributed by atoms with Crippen molar-refractivity contribution in [3.8, 4) is 0 Å². The van der Waals surface area contributed by atoms with Gasteiger partial charge >= 0.3 is 0 Å². The second-order valence-electron chi connectivity index (χ2n) is 4.76. The lowest BCUT2D eigenvalue weighted by molar-refractivity contribution is -0.0509. The Morgan fingerprint density at radius 3 is 2.50 bits per heavy atom. The molecule has 0 heterocycles. The third-order valence-corrected chi connectivity index (χ3v) is 3.21. The number of rotatable bonds is 5. The first-order valence-electron chi connectivity index (χ1n) is 5.97. The number of hydrogen-bond acceptors (Lipinski definition) is 1. The van der Waals surface area contributed by atoms with E-state index in [1.807, 2.05) is 0 Å². The summed E-state index contributed by atoms with van der Waals surface area (Å²) in [4.78, 5) is 0. The molecule has 0 atom stereocenters. The van der Waals surface area contributed by atoms with E-state index in [1.54, 1.807) is 0 Å². The van der Waals surface area contributed by atoms with Gasteiger partial charge in [-0.3, -0.25) is 0 Å². The molecule has 0 aliphatic heterocycles. The lowest BCUT2D eigenvalue weighted by Crippen LogP contribution is -2.32. The lowest BCUT2D eigenvalue weighted by Gasteiger charge is -2.34. The molecular formula is C13H24O. The first-order valence-corrected chi connectivity index (χ1v) is 5.97. The second kappa shape index (κ2) is 5.55. The first kappa shape index (κ1) is 11.8. The zero-order valence-electron chi connectivity index (χ0n) is 9.77. The van der Waals surface area contributed by atoms with E-state index >= 15 is 0 Å². The normalized spacial score (nSPS) is 21.1. The van der Waals surface area contributed by atoms with E-state index in [-0.39, 0.29) is 5.60 Å². The van der Waals surface area contributed by atoms with Crippen molar-refractivity contribution in [3.63, 3.8) is 0 Å². The van der Waals surface area contributed by atoms with Crippen molar-refractivity contribution in [1.29, 1.82) is 0 Å². The highest BCUT2D eigenvalue weighted by Crippen LogP contribution is 2.33. The van der Waals surface area contributed by atoms with Crippen LogP contribution in [0, 0.1) is 0 Å². The largest absolute Gasteiger partial charge is 0.375 e. The van der Waals surface area contributed by atoms with Crippen molar-refractivity contribution in [2.24, 2.45) is 0 Å². The molecule has 0 aromatic rings. The Balaban J connectivity index is 2.18. The van der Waals surface area contributed by atoms with Crippen LogP contribution in [0.4, 0.5) is 0 Å². The summed E-state index contributed by atoms with van der Waals surface area (Å²) in [5.74, 6) is 0. The Bertz CT molecular complexity index is 174. The van der Waals surface area contributed by atoms with Crippen LogP contribution in [0.5, 0.6) is 0 Å². The molecule has 1 heteroatoms. The predicted octanol–water partition coefficient (Wildman–Crippen LogP) is 4.08. The van der Waals surface area contributed by atoms with Crippen molar-refractivity contribution in [3.05, 3.63) is 12.2 Å². The minimum Gasteiger partial charge on any atom is -0.375 e. The number of allylic oxidation sites excluding steroid dienone is 1. The molecule has 0 bridgehead atoms. The first-order chi connectivity index (χ1) is 6.66. The van der Waals surface area contributed by atoms with Gasteiger partial charge in [-0.2, -0.15) is 0 Å². The fourth-order valence-corrected chi connectivity index (χ4v) is 1.95. The lowest BCUT2D eigenvalue weighted by atomic mass is 9.84. The van der Waals surface area contributed by atoms with Crippen molar-refractivity contribution in [1.82, 2.24) is 0 Å². The highest BCUT2D eigenvalue weighted by atomic mass is 16.5. The summed E-state index contributed by atoms with van der Waals surface area (Å²) >= 11 is 0. The van der Waals surface area contributed by atoms with Crippen LogP contribution in [0.2, 0.25) is 0 Å². The minimum atomic E-state index is 0.148. The van der Waals surface area contributed by atoms with Gasteiger partial charge < -0.3 is 4.74 Å². The van der Waals surface area contributed by atoms with Gasteiger partial charge in [0.1, 0.15) is 0 Å². The third-order valence-electron chi connectivity index (χ3n) is 3.21. The van der Waals surface area contributed by atoms with Crippen molar-refractivity contribution in [2.45, 2.75) is 64.4 Å². The van der Waals surface area contributed by atoms with Crippen LogP contribution in [0.3, 0.4) is 0 Å². The molecule has 1 nitrogen and oxygen atoms in total. The van der Waals surface area contributed by atoms with E-state index in [1.165, 1.54) is 24.8 Å². The van der Waals surface area contributed by atoms with E-state index in [4.69, 9.17) is 4.74 Å². The summed E-state index contributed by atoms with van der Waals surface area (Å²) < 4.78 is 5.98. The molecule has 14 heavy (non-hydrogen) atoms. The number of hydrogen-bond donors (Lipinski definition) is 0. The summed E-state index contributed by atoms with van der Waals surface area (Å²) in [6.07, 6.45) is 8.43. The maximum absolute atomic E-state index is 5.98. The molecular weight excluding hydrogens is 172 g/mol. The van der Waals surface area contributed by atoms with E-state index in [9.17, 15) is 0 Å². The van der Waals surface area contributed by atoms with Gasteiger partial charge in [0.2, 0.25) is 0 Å². The molecule has 0 unspecified atom stereocenters. The van der Waals surface area contributed by atoms with Gasteiger partial charge in [-0.1, -0.05) is 31.9 Å². The Morgan fingerprint density at radius 1 is 1.29 bits per heavy atom. The van der Waals surface area contributed by atoms with Crippen LogP contribution >= 0.6 is 0 Å². The summed E-state index contributed by atoms with van der Waals surface area (Å²) in [5.41, 5.74) is 1.55. The SMILES string of the molecule is C=C1CCC(C)(OCCCCC)CC1. The van der Waals surface area contributed by atoms with Crippen LogP contribution < -0.4 is 0 Å². The van der Waals surface area contributed by atoms with Gasteiger partial charge in [-0.15, -0.1) is 0 Å². The van der Waals surface area contributed by atoms with Crippen LogP contribution in [0.15, 0.2) is 12.2 Å². The highest BCUT2D eigenvalue weighted by molar-refractivity contribution is 5.02. The van der Waals surface area contributed by atoms with Gasteiger partial charge in [0, 0.05) is 6.61 Å². The van der Waals surface area contributed by atoms with Crippen LogP contribution in [0.25, 0.3) is 0 Å². The zero-order chi connectivity index (χ0) is 10.4. The smallest absolute Gasteiger partial charge is 0.0660 e. The van der Waals surface area contributed by atoms with Crippen LogP contribution in [-0.2, 0) is 4.74 Å². The summed E-state index contributed by atoms with van der Waals surface area (Å²) in [5, 5.41) is 0. The Kier molecular flexibility index (Phi) is 4.67. The fraction of sp³-hybridized carbons (Fsp3) is 0.846. The topological polar surface area (TPSA) is 9.23 Å². The van der Waals surface area contributed by atoms with E-state index in [0.717, 1.165) is 32.3 Å². The summed E-state index contributed by atoms with van der Waals surface area (Å²) in [7, 11) is 0. The maximum atomic E-state index is 5.98. The van der Waals surface area contributed by atoms with Crippen molar-refractivity contribution < 1.29 is 4.74 Å². The van der Waals surface area contributed by atoms with Crippen LogP contribution in [0.1, 0.15) is 58.8 Å². The van der Waals surface area contributed by atoms with Crippen molar-refractivity contribution >= 4 is 0 Å². The molecule has 1 saturated carbocycles. The quantitative estimate of drug-likeness (QED) is 0.475.